The Kier molecular flexibility index (Phi) is 2.21. The molecule has 2 rings (SSSR count). The summed E-state index contributed by atoms with van der Waals surface area (Å²) in [4.78, 5) is 7.40. The van der Waals surface area contributed by atoms with Crippen LogP contribution in [-0.2, 0) is 13.0 Å². The topological polar surface area (TPSA) is 54.7 Å². The van der Waals surface area contributed by atoms with Gasteiger partial charge in [-0.15, -0.1) is 0 Å². The molecule has 3 N–H and O–H groups in total. The fourth-order valence-electron chi connectivity index (χ4n) is 1.52. The van der Waals surface area contributed by atoms with Crippen molar-refractivity contribution in [1.29, 1.82) is 0 Å². The van der Waals surface area contributed by atoms with Crippen LogP contribution in [0.4, 0.5) is 4.39 Å². The van der Waals surface area contributed by atoms with Crippen LogP contribution in [0.1, 0.15) is 18.3 Å². The second-order valence-corrected chi connectivity index (χ2v) is 3.16. The van der Waals surface area contributed by atoms with Crippen LogP contribution in [0.2, 0.25) is 0 Å². The van der Waals surface area contributed by atoms with Crippen LogP contribution in [0.25, 0.3) is 11.0 Å². The molecule has 14 heavy (non-hydrogen) atoms. The fraction of sp³-hybridized carbons (Fsp3) is 0.300. The first kappa shape index (κ1) is 9.15. The molecule has 1 heterocycles. The molecule has 1 aromatic carbocycles. The normalized spacial score (nSPS) is 11.1. The van der Waals surface area contributed by atoms with Crippen molar-refractivity contribution in [3.63, 3.8) is 0 Å². The van der Waals surface area contributed by atoms with E-state index in [1.807, 2.05) is 6.92 Å². The molecule has 0 aliphatic carbocycles. The average molecular weight is 193 g/mol. The Labute approximate surface area is 81.1 Å². The molecule has 74 valence electrons. The number of imidazole rings is 1. The molecular formula is C10H12FN3. The lowest BCUT2D eigenvalue weighted by molar-refractivity contribution is 0.613. The Morgan fingerprint density at radius 2 is 2.29 bits per heavy atom. The molecule has 0 spiro atoms. The summed E-state index contributed by atoms with van der Waals surface area (Å²) >= 11 is 0. The molecule has 4 heteroatoms. The number of nitrogens with two attached hydrogens (primary N) is 1. The smallest absolute Gasteiger partial charge is 0.130 e. The van der Waals surface area contributed by atoms with Crippen LogP contribution in [0.15, 0.2) is 12.1 Å². The van der Waals surface area contributed by atoms with Crippen LogP contribution >= 0.6 is 0 Å². The van der Waals surface area contributed by atoms with E-state index in [0.717, 1.165) is 17.8 Å². The average Bonchev–Trinajstić information content (AvgIpc) is 2.60. The predicted molar refractivity (Wildman–Crippen MR) is 53.3 cm³/mol. The van der Waals surface area contributed by atoms with Crippen molar-refractivity contribution in [3.8, 4) is 0 Å². The van der Waals surface area contributed by atoms with Gasteiger partial charge in [-0.05, 0) is 12.1 Å². The highest BCUT2D eigenvalue weighted by Crippen LogP contribution is 2.19. The minimum atomic E-state index is -0.283. The van der Waals surface area contributed by atoms with E-state index < -0.39 is 0 Å². The Hall–Kier alpha value is -1.42. The summed E-state index contributed by atoms with van der Waals surface area (Å²) in [7, 11) is 0. The maximum Gasteiger partial charge on any atom is 0.130 e. The number of nitrogens with zero attached hydrogens (tertiary/aromatic N) is 1. The Bertz CT molecular complexity index is 462. The van der Waals surface area contributed by atoms with Crippen LogP contribution in [0.5, 0.6) is 0 Å². The molecule has 0 unspecified atom stereocenters. The summed E-state index contributed by atoms with van der Waals surface area (Å²) < 4.78 is 13.3. The van der Waals surface area contributed by atoms with E-state index in [4.69, 9.17) is 5.73 Å². The number of H-pyrrole nitrogens is 1. The van der Waals surface area contributed by atoms with Gasteiger partial charge < -0.3 is 10.7 Å². The number of fused-ring (bicyclic) bond motifs is 1. The third-order valence-corrected chi connectivity index (χ3v) is 2.29. The summed E-state index contributed by atoms with van der Waals surface area (Å²) in [5.41, 5.74) is 7.47. The third kappa shape index (κ3) is 1.28. The molecule has 0 aliphatic rings. The Morgan fingerprint density at radius 1 is 1.50 bits per heavy atom. The van der Waals surface area contributed by atoms with Crippen molar-refractivity contribution >= 4 is 11.0 Å². The van der Waals surface area contributed by atoms with Gasteiger partial charge in [0.2, 0.25) is 0 Å². The lowest BCUT2D eigenvalue weighted by Gasteiger charge is -1.98. The standard InChI is InChI=1S/C10H12FN3/c1-2-9-13-8-4-3-7(11)6(5-12)10(8)14-9/h3-4H,2,5,12H2,1H3,(H,13,14). The molecule has 0 aliphatic heterocycles. The van der Waals surface area contributed by atoms with Crippen molar-refractivity contribution in [2.45, 2.75) is 19.9 Å². The van der Waals surface area contributed by atoms with Crippen molar-refractivity contribution in [1.82, 2.24) is 9.97 Å². The highest BCUT2D eigenvalue weighted by atomic mass is 19.1. The molecule has 0 atom stereocenters. The van der Waals surface area contributed by atoms with Gasteiger partial charge in [-0.3, -0.25) is 0 Å². The largest absolute Gasteiger partial charge is 0.342 e. The van der Waals surface area contributed by atoms with Gasteiger partial charge >= 0.3 is 0 Å². The van der Waals surface area contributed by atoms with Gasteiger partial charge in [0.25, 0.3) is 0 Å². The van der Waals surface area contributed by atoms with Crippen molar-refractivity contribution in [2.75, 3.05) is 0 Å². The SMILES string of the molecule is CCc1nc2c(CN)c(F)ccc2[nH]1. The number of nitrogens with one attached hydrogen (secondary N) is 1. The van der Waals surface area contributed by atoms with E-state index in [9.17, 15) is 4.39 Å². The number of halogens is 1. The summed E-state index contributed by atoms with van der Waals surface area (Å²) in [6, 6.07) is 3.11. The first-order valence-corrected chi connectivity index (χ1v) is 4.62. The van der Waals surface area contributed by atoms with Gasteiger partial charge in [-0.1, -0.05) is 6.92 Å². The van der Waals surface area contributed by atoms with Crippen molar-refractivity contribution in [3.05, 3.63) is 29.3 Å². The van der Waals surface area contributed by atoms with Gasteiger partial charge in [0.1, 0.15) is 11.6 Å². The van der Waals surface area contributed by atoms with E-state index in [0.29, 0.717) is 11.1 Å². The number of hydrogen-bond acceptors (Lipinski definition) is 2. The summed E-state index contributed by atoms with van der Waals surface area (Å²) in [6.07, 6.45) is 0.806. The first-order chi connectivity index (χ1) is 6.76. The number of aromatic nitrogens is 2. The van der Waals surface area contributed by atoms with Crippen LogP contribution in [0, 0.1) is 5.82 Å². The zero-order valence-electron chi connectivity index (χ0n) is 7.97. The molecule has 3 nitrogen and oxygen atoms in total. The Morgan fingerprint density at radius 3 is 2.93 bits per heavy atom. The van der Waals surface area contributed by atoms with Gasteiger partial charge in [0, 0.05) is 18.5 Å². The quantitative estimate of drug-likeness (QED) is 0.763. The zero-order valence-corrected chi connectivity index (χ0v) is 7.97. The first-order valence-electron chi connectivity index (χ1n) is 4.62. The van der Waals surface area contributed by atoms with Crippen molar-refractivity contribution < 1.29 is 4.39 Å². The Balaban J connectivity index is 2.73. The van der Waals surface area contributed by atoms with E-state index in [-0.39, 0.29) is 12.4 Å². The number of hydrogen-bond donors (Lipinski definition) is 2. The molecular weight excluding hydrogens is 181 g/mol. The molecule has 0 saturated carbocycles. The second kappa shape index (κ2) is 3.38. The number of aromatic amines is 1. The minimum absolute atomic E-state index is 0.178. The van der Waals surface area contributed by atoms with Gasteiger partial charge in [-0.2, -0.15) is 0 Å². The van der Waals surface area contributed by atoms with Crippen molar-refractivity contribution in [2.24, 2.45) is 5.73 Å². The summed E-state index contributed by atoms with van der Waals surface area (Å²) in [5, 5.41) is 0. The van der Waals surface area contributed by atoms with Crippen LogP contribution < -0.4 is 5.73 Å². The molecule has 0 radical (unpaired) electrons. The van der Waals surface area contributed by atoms with Gasteiger partial charge in [0.15, 0.2) is 0 Å². The van der Waals surface area contributed by atoms with Crippen LogP contribution in [-0.4, -0.2) is 9.97 Å². The maximum absolute atomic E-state index is 13.3. The van der Waals surface area contributed by atoms with E-state index in [1.165, 1.54) is 6.07 Å². The molecule has 0 saturated heterocycles. The van der Waals surface area contributed by atoms with E-state index >= 15 is 0 Å². The fourth-order valence-corrected chi connectivity index (χ4v) is 1.52. The second-order valence-electron chi connectivity index (χ2n) is 3.16. The maximum atomic E-state index is 13.3. The molecule has 2 aromatic rings. The minimum Gasteiger partial charge on any atom is -0.342 e. The van der Waals surface area contributed by atoms with E-state index in [1.54, 1.807) is 6.07 Å². The van der Waals surface area contributed by atoms with E-state index in [2.05, 4.69) is 9.97 Å². The summed E-state index contributed by atoms with van der Waals surface area (Å²) in [5.74, 6) is 0.578. The number of aryl methyl sites for hydroxylation is 1. The van der Waals surface area contributed by atoms with Gasteiger partial charge in [-0.25, -0.2) is 9.37 Å². The number of benzene rings is 1. The predicted octanol–water partition coefficient (Wildman–Crippen LogP) is 1.72. The van der Waals surface area contributed by atoms with Gasteiger partial charge in [0.05, 0.1) is 11.0 Å². The lowest BCUT2D eigenvalue weighted by Crippen LogP contribution is -2.00. The molecule has 0 fully saturated rings. The monoisotopic (exact) mass is 193 g/mol. The highest BCUT2D eigenvalue weighted by molar-refractivity contribution is 5.79. The molecule has 1 aromatic heterocycles. The third-order valence-electron chi connectivity index (χ3n) is 2.29. The highest BCUT2D eigenvalue weighted by Gasteiger charge is 2.09. The van der Waals surface area contributed by atoms with Crippen LogP contribution in [0.3, 0.4) is 0 Å². The molecule has 0 amide bonds. The zero-order chi connectivity index (χ0) is 10.1. The number of rotatable bonds is 2. The summed E-state index contributed by atoms with van der Waals surface area (Å²) in [6.45, 7) is 2.17. The lowest BCUT2D eigenvalue weighted by atomic mass is 10.2. The molecule has 0 bridgehead atoms.